The number of rotatable bonds is 7. The zero-order valence-corrected chi connectivity index (χ0v) is 19.2. The first kappa shape index (κ1) is 22.9. The standard InChI is InChI=1S/C22H23FN6O3S/c1-5-6-32-16-10-25-17(12(2)27-16)19(30)28-13-7-14(18(23)26-9-13)21(3)15-8-22(15,11-31-4)33-20(24)29-21/h1,7,9-10,15H,6,8,11H2,2-4H3,(H2,24,29)(H,28,30)/t15-,21+,22+/m0/s1. The minimum absolute atomic E-state index is 0.0215. The number of nitrogens with zero attached hydrogens (tertiary/aromatic N) is 4. The number of nitrogens with one attached hydrogen (secondary N) is 1. The highest BCUT2D eigenvalue weighted by Gasteiger charge is 2.66. The van der Waals surface area contributed by atoms with Gasteiger partial charge in [-0.15, -0.1) is 6.42 Å². The summed E-state index contributed by atoms with van der Waals surface area (Å²) in [4.78, 5) is 29.5. The predicted molar refractivity (Wildman–Crippen MR) is 123 cm³/mol. The van der Waals surface area contributed by atoms with Crippen molar-refractivity contribution in [3.05, 3.63) is 41.4 Å². The minimum atomic E-state index is -0.933. The average Bonchev–Trinajstić information content (AvgIpc) is 3.48. The summed E-state index contributed by atoms with van der Waals surface area (Å²) >= 11 is 1.46. The Labute approximate surface area is 194 Å². The van der Waals surface area contributed by atoms with Crippen molar-refractivity contribution in [2.75, 3.05) is 25.6 Å². The molecule has 0 bridgehead atoms. The SMILES string of the molecule is C#CCOc1cnc(C(=O)Nc2cnc(F)c([C@@]3(C)N=C(N)S[C@@]4(COC)C[C@H]43)c2)c(C)n1. The first-order chi connectivity index (χ1) is 15.7. The lowest BCUT2D eigenvalue weighted by Crippen LogP contribution is -2.38. The average molecular weight is 471 g/mol. The van der Waals surface area contributed by atoms with E-state index in [1.54, 1.807) is 14.0 Å². The molecule has 0 radical (unpaired) electrons. The van der Waals surface area contributed by atoms with Gasteiger partial charge in [0.15, 0.2) is 11.8 Å². The van der Waals surface area contributed by atoms with E-state index < -0.39 is 17.4 Å². The number of methoxy groups -OCH3 is 1. The molecule has 3 heterocycles. The van der Waals surface area contributed by atoms with Crippen LogP contribution in [0.1, 0.15) is 35.1 Å². The quantitative estimate of drug-likeness (QED) is 0.466. The van der Waals surface area contributed by atoms with Crippen molar-refractivity contribution in [1.29, 1.82) is 0 Å². The van der Waals surface area contributed by atoms with E-state index >= 15 is 0 Å². The Hall–Kier alpha value is -3.23. The van der Waals surface area contributed by atoms with Gasteiger partial charge in [0.2, 0.25) is 11.8 Å². The van der Waals surface area contributed by atoms with Crippen LogP contribution in [0.2, 0.25) is 0 Å². The maximum Gasteiger partial charge on any atom is 0.276 e. The second kappa shape index (κ2) is 8.61. The van der Waals surface area contributed by atoms with Gasteiger partial charge < -0.3 is 20.5 Å². The Morgan fingerprint density at radius 1 is 1.45 bits per heavy atom. The third-order valence-corrected chi connectivity index (χ3v) is 7.10. The number of carbonyl (C=O) groups is 1. The molecule has 3 atom stereocenters. The summed E-state index contributed by atoms with van der Waals surface area (Å²) in [6.07, 6.45) is 8.50. The fourth-order valence-corrected chi connectivity index (χ4v) is 5.71. The van der Waals surface area contributed by atoms with E-state index in [1.807, 2.05) is 6.92 Å². The predicted octanol–water partition coefficient (Wildman–Crippen LogP) is 2.27. The van der Waals surface area contributed by atoms with Crippen LogP contribution in [0.15, 0.2) is 23.5 Å². The van der Waals surface area contributed by atoms with Crippen LogP contribution >= 0.6 is 11.8 Å². The number of amides is 1. The number of amidine groups is 1. The number of aliphatic imine (C=N–C) groups is 1. The number of aromatic nitrogens is 3. The van der Waals surface area contributed by atoms with Crippen molar-refractivity contribution in [1.82, 2.24) is 15.0 Å². The van der Waals surface area contributed by atoms with Gasteiger partial charge in [0.25, 0.3) is 5.91 Å². The first-order valence-corrected chi connectivity index (χ1v) is 10.9. The molecule has 2 aliphatic rings. The van der Waals surface area contributed by atoms with Crippen LogP contribution in [-0.4, -0.2) is 51.1 Å². The Morgan fingerprint density at radius 2 is 2.24 bits per heavy atom. The molecular formula is C22H23FN6O3S. The Kier molecular flexibility index (Phi) is 5.99. The van der Waals surface area contributed by atoms with Gasteiger partial charge in [-0.05, 0) is 26.3 Å². The van der Waals surface area contributed by atoms with Crippen LogP contribution in [0.25, 0.3) is 0 Å². The highest BCUT2D eigenvalue weighted by Crippen LogP contribution is 2.65. The van der Waals surface area contributed by atoms with Crippen LogP contribution in [0, 0.1) is 31.1 Å². The van der Waals surface area contributed by atoms with E-state index in [0.717, 1.165) is 6.42 Å². The van der Waals surface area contributed by atoms with Crippen molar-refractivity contribution in [2.24, 2.45) is 16.6 Å². The fourth-order valence-electron chi connectivity index (χ4n) is 4.26. The second-order valence-electron chi connectivity index (χ2n) is 8.11. The summed E-state index contributed by atoms with van der Waals surface area (Å²) < 4.78 is 25.2. The maximum absolute atomic E-state index is 14.9. The molecule has 33 heavy (non-hydrogen) atoms. The van der Waals surface area contributed by atoms with E-state index in [0.29, 0.717) is 23.2 Å². The maximum atomic E-state index is 14.9. The van der Waals surface area contributed by atoms with E-state index in [9.17, 15) is 9.18 Å². The number of halogens is 1. The van der Waals surface area contributed by atoms with Gasteiger partial charge in [0, 0.05) is 18.6 Å². The normalized spacial score (nSPS) is 25.4. The van der Waals surface area contributed by atoms with E-state index in [4.69, 9.17) is 21.6 Å². The number of ether oxygens (including phenoxy) is 2. The third-order valence-electron chi connectivity index (χ3n) is 5.83. The van der Waals surface area contributed by atoms with E-state index in [2.05, 4.69) is 31.2 Å². The molecule has 2 aromatic rings. The number of terminal acetylenes is 1. The summed E-state index contributed by atoms with van der Waals surface area (Å²) in [6.45, 7) is 3.98. The number of anilines is 1. The third kappa shape index (κ3) is 4.24. The number of thioether (sulfide) groups is 1. The Bertz CT molecular complexity index is 1190. The Balaban J connectivity index is 1.59. The van der Waals surface area contributed by atoms with Crippen LogP contribution in [0.3, 0.4) is 0 Å². The molecule has 4 rings (SSSR count). The molecule has 1 fully saturated rings. The summed E-state index contributed by atoms with van der Waals surface area (Å²) in [5.41, 5.74) is 6.17. The molecule has 9 nitrogen and oxygen atoms in total. The Morgan fingerprint density at radius 3 is 2.94 bits per heavy atom. The lowest BCUT2D eigenvalue weighted by molar-refractivity contribution is 0.102. The molecule has 1 amide bonds. The van der Waals surface area contributed by atoms with Gasteiger partial charge >= 0.3 is 0 Å². The molecule has 1 aliphatic carbocycles. The summed E-state index contributed by atoms with van der Waals surface area (Å²) in [5, 5.41) is 3.08. The van der Waals surface area contributed by atoms with Crippen LogP contribution < -0.4 is 15.8 Å². The number of hydrogen-bond acceptors (Lipinski definition) is 9. The fraction of sp³-hybridized carbons (Fsp3) is 0.409. The number of nitrogens with two attached hydrogens (primary N) is 1. The molecular weight excluding hydrogens is 447 g/mol. The van der Waals surface area contributed by atoms with Gasteiger partial charge in [-0.3, -0.25) is 9.79 Å². The van der Waals surface area contributed by atoms with Crippen LogP contribution in [0.4, 0.5) is 10.1 Å². The molecule has 0 spiro atoms. The number of pyridine rings is 1. The molecule has 1 saturated carbocycles. The summed E-state index contributed by atoms with van der Waals surface area (Å²) in [6, 6.07) is 1.54. The number of carbonyl (C=O) groups excluding carboxylic acids is 1. The molecule has 0 aromatic carbocycles. The minimum Gasteiger partial charge on any atom is -0.463 e. The lowest BCUT2D eigenvalue weighted by atomic mass is 9.86. The van der Waals surface area contributed by atoms with Gasteiger partial charge in [-0.1, -0.05) is 17.7 Å². The van der Waals surface area contributed by atoms with Gasteiger partial charge in [0.05, 0.1) is 40.7 Å². The molecule has 3 N–H and O–H groups in total. The zero-order chi connectivity index (χ0) is 23.8. The van der Waals surface area contributed by atoms with Crippen molar-refractivity contribution in [3.63, 3.8) is 0 Å². The molecule has 0 saturated heterocycles. The highest BCUT2D eigenvalue weighted by molar-refractivity contribution is 8.15. The molecule has 0 unspecified atom stereocenters. The topological polar surface area (TPSA) is 125 Å². The van der Waals surface area contributed by atoms with Crippen molar-refractivity contribution in [2.45, 2.75) is 30.6 Å². The van der Waals surface area contributed by atoms with Crippen molar-refractivity contribution >= 4 is 28.5 Å². The van der Waals surface area contributed by atoms with Crippen LogP contribution in [0.5, 0.6) is 5.88 Å². The first-order valence-electron chi connectivity index (χ1n) is 10.1. The number of hydrogen-bond donors (Lipinski definition) is 2. The second-order valence-corrected chi connectivity index (χ2v) is 9.54. The summed E-state index contributed by atoms with van der Waals surface area (Å²) in [5.74, 6) is 1.39. The molecule has 11 heteroatoms. The van der Waals surface area contributed by atoms with E-state index in [1.165, 1.54) is 30.2 Å². The molecule has 172 valence electrons. The van der Waals surface area contributed by atoms with Gasteiger partial charge in [-0.2, -0.15) is 4.39 Å². The number of aryl methyl sites for hydroxylation is 1. The number of fused-ring (bicyclic) bond motifs is 1. The molecule has 1 aliphatic heterocycles. The molecule has 2 aromatic heterocycles. The van der Waals surface area contributed by atoms with Crippen molar-refractivity contribution < 1.29 is 18.7 Å². The highest BCUT2D eigenvalue weighted by atomic mass is 32.2. The lowest BCUT2D eigenvalue weighted by Gasteiger charge is -2.33. The smallest absolute Gasteiger partial charge is 0.276 e. The zero-order valence-electron chi connectivity index (χ0n) is 18.4. The van der Waals surface area contributed by atoms with E-state index in [-0.39, 0.29) is 34.4 Å². The largest absolute Gasteiger partial charge is 0.463 e. The van der Waals surface area contributed by atoms with Gasteiger partial charge in [0.1, 0.15) is 5.69 Å². The monoisotopic (exact) mass is 470 g/mol. The summed E-state index contributed by atoms with van der Waals surface area (Å²) in [7, 11) is 1.63. The van der Waals surface area contributed by atoms with Crippen molar-refractivity contribution in [3.8, 4) is 18.2 Å². The van der Waals surface area contributed by atoms with Gasteiger partial charge in [-0.25, -0.2) is 15.0 Å². The van der Waals surface area contributed by atoms with Crippen LogP contribution in [-0.2, 0) is 10.3 Å².